The third kappa shape index (κ3) is 7.36. The largest absolute Gasteiger partial charge is 0.491 e. The van der Waals surface area contributed by atoms with E-state index in [9.17, 15) is 22.8 Å². The molecule has 1 aromatic heterocycles. The topological polar surface area (TPSA) is 106 Å². The molecule has 2 heterocycles. The molecule has 9 nitrogen and oxygen atoms in total. The zero-order valence-corrected chi connectivity index (χ0v) is 21.9. The third-order valence-electron chi connectivity index (χ3n) is 6.13. The van der Waals surface area contributed by atoms with Crippen LogP contribution in [0.4, 0.5) is 19.0 Å². The minimum absolute atomic E-state index is 0.113. The Labute approximate surface area is 224 Å². The van der Waals surface area contributed by atoms with Crippen LogP contribution in [0.3, 0.4) is 0 Å². The number of rotatable bonds is 9. The maximum Gasteiger partial charge on any atom is 0.435 e. The van der Waals surface area contributed by atoms with Crippen molar-refractivity contribution in [1.82, 2.24) is 15.1 Å². The van der Waals surface area contributed by atoms with E-state index in [-0.39, 0.29) is 37.8 Å². The van der Waals surface area contributed by atoms with Crippen LogP contribution >= 0.6 is 0 Å². The molecule has 0 saturated heterocycles. The first-order chi connectivity index (χ1) is 18.6. The number of alkyl halides is 3. The van der Waals surface area contributed by atoms with Crippen molar-refractivity contribution < 1.29 is 37.3 Å². The Morgan fingerprint density at radius 3 is 2.51 bits per heavy atom. The first-order valence-corrected chi connectivity index (χ1v) is 12.2. The number of carbonyl (C=O) groups excluding carboxylic acids is 2. The number of carbonyl (C=O) groups is 2. The minimum atomic E-state index is -4.67. The van der Waals surface area contributed by atoms with Crippen molar-refractivity contribution in [2.75, 3.05) is 38.8 Å². The Balaban J connectivity index is 0.000000255. The quantitative estimate of drug-likeness (QED) is 0.307. The highest BCUT2D eigenvalue weighted by atomic mass is 19.4. The summed E-state index contributed by atoms with van der Waals surface area (Å²) in [7, 11) is 3.28. The van der Waals surface area contributed by atoms with Crippen molar-refractivity contribution in [3.05, 3.63) is 76.5 Å². The lowest BCUT2D eigenvalue weighted by atomic mass is 10.1. The summed E-state index contributed by atoms with van der Waals surface area (Å²) in [5, 5.41) is 15.5. The van der Waals surface area contributed by atoms with Gasteiger partial charge in [0.25, 0.3) is 0 Å². The minimum Gasteiger partial charge on any atom is -0.491 e. The number of esters is 1. The van der Waals surface area contributed by atoms with Gasteiger partial charge in [-0.05, 0) is 49.4 Å². The molecular formula is C27H31F3N4O5. The zero-order chi connectivity index (χ0) is 28.6. The summed E-state index contributed by atoms with van der Waals surface area (Å²) in [5.74, 6) is 0.448. The number of aliphatic hydroxyl groups excluding tert-OH is 1. The SMILES string of the molecule is CNC(C)c1ccc(C(=O)OC)cc1.O=Cc1c(C(F)(F)F)nn2c1N(Cc1cccc(OCCO)c1)CC2. The summed E-state index contributed by atoms with van der Waals surface area (Å²) in [4.78, 5) is 24.1. The Morgan fingerprint density at radius 1 is 1.21 bits per heavy atom. The normalized spacial score (nSPS) is 13.3. The van der Waals surface area contributed by atoms with E-state index in [0.29, 0.717) is 30.4 Å². The van der Waals surface area contributed by atoms with Gasteiger partial charge in [-0.2, -0.15) is 18.3 Å². The van der Waals surface area contributed by atoms with Crippen LogP contribution < -0.4 is 15.0 Å². The number of fused-ring (bicyclic) bond motifs is 1. The number of methoxy groups -OCH3 is 1. The molecule has 3 aromatic rings. The Morgan fingerprint density at radius 2 is 1.92 bits per heavy atom. The molecule has 0 aliphatic carbocycles. The van der Waals surface area contributed by atoms with Crippen LogP contribution in [-0.2, 0) is 24.0 Å². The van der Waals surface area contributed by atoms with E-state index in [0.717, 1.165) is 11.1 Å². The number of nitrogens with zero attached hydrogens (tertiary/aromatic N) is 3. The molecule has 0 bridgehead atoms. The number of aliphatic hydroxyl groups is 1. The fraction of sp³-hybridized carbons (Fsp3) is 0.370. The number of hydrogen-bond donors (Lipinski definition) is 2. The Bertz CT molecular complexity index is 1260. The summed E-state index contributed by atoms with van der Waals surface area (Å²) in [5.41, 5.74) is 0.968. The average molecular weight is 549 g/mol. The molecule has 0 radical (unpaired) electrons. The molecule has 2 N–H and O–H groups in total. The summed E-state index contributed by atoms with van der Waals surface area (Å²) in [6.07, 6.45) is -4.46. The highest BCUT2D eigenvalue weighted by Gasteiger charge is 2.41. The van der Waals surface area contributed by atoms with Crippen molar-refractivity contribution in [3.63, 3.8) is 0 Å². The van der Waals surface area contributed by atoms with Gasteiger partial charge in [-0.25, -0.2) is 9.48 Å². The van der Waals surface area contributed by atoms with Crippen LogP contribution in [0, 0.1) is 0 Å². The molecule has 0 amide bonds. The van der Waals surface area contributed by atoms with Gasteiger partial charge in [-0.1, -0.05) is 24.3 Å². The van der Waals surface area contributed by atoms with Crippen molar-refractivity contribution in [1.29, 1.82) is 0 Å². The number of anilines is 1. The third-order valence-corrected chi connectivity index (χ3v) is 6.13. The van der Waals surface area contributed by atoms with E-state index in [1.807, 2.05) is 25.2 Å². The van der Waals surface area contributed by atoms with Crippen molar-refractivity contribution in [2.24, 2.45) is 0 Å². The second-order valence-electron chi connectivity index (χ2n) is 8.69. The van der Waals surface area contributed by atoms with Gasteiger partial charge in [0.2, 0.25) is 0 Å². The van der Waals surface area contributed by atoms with Crippen LogP contribution in [0.5, 0.6) is 5.75 Å². The lowest BCUT2D eigenvalue weighted by Crippen LogP contribution is -2.21. The number of halogens is 3. The van der Waals surface area contributed by atoms with Gasteiger partial charge in [0.05, 0.1) is 31.4 Å². The van der Waals surface area contributed by atoms with E-state index < -0.39 is 17.4 Å². The first kappa shape index (κ1) is 29.7. The summed E-state index contributed by atoms with van der Waals surface area (Å²) < 4.78 is 50.2. The van der Waals surface area contributed by atoms with Gasteiger partial charge in [-0.15, -0.1) is 0 Å². The van der Waals surface area contributed by atoms with E-state index in [2.05, 4.69) is 22.1 Å². The summed E-state index contributed by atoms with van der Waals surface area (Å²) >= 11 is 0. The molecule has 39 heavy (non-hydrogen) atoms. The molecule has 0 fully saturated rings. The van der Waals surface area contributed by atoms with Gasteiger partial charge in [0, 0.05) is 19.1 Å². The standard InChI is InChI=1S/C16H16F3N3O3.C11H15NO2/c17-16(18,19)14-13(10-24)15-21(4-5-22(15)20-14)9-11-2-1-3-12(8-11)25-7-6-23;1-8(12-2)9-4-6-10(7-5-9)11(13)14-3/h1-3,8,10,23H,4-7,9H2;4-8,12H,1-3H3. The Kier molecular flexibility index (Phi) is 10.1. The average Bonchev–Trinajstić information content (AvgIpc) is 3.51. The maximum absolute atomic E-state index is 13.0. The molecule has 1 aliphatic heterocycles. The van der Waals surface area contributed by atoms with E-state index >= 15 is 0 Å². The molecule has 210 valence electrons. The predicted octanol–water partition coefficient (Wildman–Crippen LogP) is 3.86. The molecule has 2 aromatic carbocycles. The second kappa shape index (κ2) is 13.3. The number of aromatic nitrogens is 2. The van der Waals surface area contributed by atoms with E-state index in [4.69, 9.17) is 9.84 Å². The Hall–Kier alpha value is -3.90. The van der Waals surface area contributed by atoms with E-state index in [1.165, 1.54) is 11.8 Å². The smallest absolute Gasteiger partial charge is 0.435 e. The lowest BCUT2D eigenvalue weighted by Gasteiger charge is -2.18. The number of benzene rings is 2. The maximum atomic E-state index is 13.0. The number of hydrogen-bond acceptors (Lipinski definition) is 8. The molecule has 0 spiro atoms. The fourth-order valence-corrected chi connectivity index (χ4v) is 4.06. The van der Waals surface area contributed by atoms with Crippen LogP contribution in [0.25, 0.3) is 0 Å². The number of nitrogens with one attached hydrogen (secondary N) is 1. The number of ether oxygens (including phenoxy) is 2. The van der Waals surface area contributed by atoms with Gasteiger partial charge in [0.1, 0.15) is 18.2 Å². The van der Waals surface area contributed by atoms with Crippen molar-refractivity contribution in [2.45, 2.75) is 32.2 Å². The fourth-order valence-electron chi connectivity index (χ4n) is 4.06. The van der Waals surface area contributed by atoms with Gasteiger partial charge < -0.3 is 24.8 Å². The second-order valence-corrected chi connectivity index (χ2v) is 8.69. The number of aldehydes is 1. The van der Waals surface area contributed by atoms with E-state index in [1.54, 1.807) is 35.2 Å². The molecule has 12 heteroatoms. The first-order valence-electron chi connectivity index (χ1n) is 12.2. The van der Waals surface area contributed by atoms with Gasteiger partial charge >= 0.3 is 12.1 Å². The lowest BCUT2D eigenvalue weighted by molar-refractivity contribution is -0.141. The van der Waals surface area contributed by atoms with Crippen molar-refractivity contribution >= 4 is 18.1 Å². The van der Waals surface area contributed by atoms with Crippen LogP contribution in [0.1, 0.15) is 50.5 Å². The van der Waals surface area contributed by atoms with Crippen LogP contribution in [0.2, 0.25) is 0 Å². The molecule has 1 aliphatic rings. The summed E-state index contributed by atoms with van der Waals surface area (Å²) in [6.45, 7) is 3.17. The molecular weight excluding hydrogens is 517 g/mol. The molecule has 0 saturated carbocycles. The van der Waals surface area contributed by atoms with Gasteiger partial charge in [0.15, 0.2) is 12.0 Å². The molecule has 1 atom stereocenters. The monoisotopic (exact) mass is 548 g/mol. The van der Waals surface area contributed by atoms with Gasteiger partial charge in [-0.3, -0.25) is 4.79 Å². The molecule has 4 rings (SSSR count). The zero-order valence-electron chi connectivity index (χ0n) is 21.9. The highest BCUT2D eigenvalue weighted by Crippen LogP contribution is 2.37. The highest BCUT2D eigenvalue weighted by molar-refractivity contribution is 5.89. The predicted molar refractivity (Wildman–Crippen MR) is 138 cm³/mol. The van der Waals surface area contributed by atoms with Crippen LogP contribution in [0.15, 0.2) is 48.5 Å². The summed E-state index contributed by atoms with van der Waals surface area (Å²) in [6, 6.07) is 14.7. The molecule has 1 unspecified atom stereocenters. The van der Waals surface area contributed by atoms with Crippen LogP contribution in [-0.4, -0.2) is 61.1 Å². The van der Waals surface area contributed by atoms with Crippen molar-refractivity contribution in [3.8, 4) is 5.75 Å².